The van der Waals surface area contributed by atoms with Crippen LogP contribution in [0, 0.1) is 5.82 Å². The summed E-state index contributed by atoms with van der Waals surface area (Å²) in [7, 11) is 1.83. The van der Waals surface area contributed by atoms with E-state index in [2.05, 4.69) is 21.0 Å². The van der Waals surface area contributed by atoms with E-state index in [0.717, 1.165) is 29.8 Å². The molecule has 0 fully saturated rings. The van der Waals surface area contributed by atoms with E-state index in [1.165, 1.54) is 12.1 Å². The molecule has 7 nitrogen and oxygen atoms in total. The van der Waals surface area contributed by atoms with E-state index in [9.17, 15) is 14.0 Å². The number of carbonyl (C=O) groups excluding carboxylic acids is 2. The summed E-state index contributed by atoms with van der Waals surface area (Å²) in [6, 6.07) is 14.7. The Morgan fingerprint density at radius 3 is 2.61 bits per heavy atom. The molecule has 0 bridgehead atoms. The third-order valence-electron chi connectivity index (χ3n) is 4.60. The monoisotopic (exact) mass is 443 g/mol. The number of carbonyl (C=O) groups is 2. The largest absolute Gasteiger partial charge is 0.298 e. The van der Waals surface area contributed by atoms with Gasteiger partial charge in [-0.15, -0.1) is 0 Å². The zero-order chi connectivity index (χ0) is 22.2. The number of hydrogen-bond donors (Lipinski definition) is 3. The predicted octanol–water partition coefficient (Wildman–Crippen LogP) is 3.19. The van der Waals surface area contributed by atoms with Gasteiger partial charge < -0.3 is 0 Å². The van der Waals surface area contributed by atoms with Gasteiger partial charge in [0.05, 0.1) is 22.8 Å². The number of rotatable bonds is 8. The summed E-state index contributed by atoms with van der Waals surface area (Å²) in [5.74, 6) is -1.09. The van der Waals surface area contributed by atoms with Crippen LogP contribution in [0.4, 0.5) is 4.39 Å². The minimum Gasteiger partial charge on any atom is -0.298 e. The molecule has 2 aromatic carbocycles. The summed E-state index contributed by atoms with van der Waals surface area (Å²) in [6.45, 7) is 0.809. The van der Waals surface area contributed by atoms with E-state index in [1.54, 1.807) is 36.4 Å². The third kappa shape index (κ3) is 6.63. The molecule has 3 aromatic rings. The highest BCUT2D eigenvalue weighted by molar-refractivity contribution is 6.33. The minimum atomic E-state index is -0.474. The van der Waals surface area contributed by atoms with Crippen molar-refractivity contribution in [3.63, 3.8) is 0 Å². The van der Waals surface area contributed by atoms with Crippen LogP contribution in [0.5, 0.6) is 0 Å². The Labute approximate surface area is 184 Å². The molecule has 1 heterocycles. The summed E-state index contributed by atoms with van der Waals surface area (Å²) in [5.41, 5.74) is 7.61. The molecule has 1 aromatic heterocycles. The quantitative estimate of drug-likeness (QED) is 0.466. The van der Waals surface area contributed by atoms with E-state index in [1.807, 2.05) is 18.0 Å². The number of aromatic amines is 1. The average molecular weight is 444 g/mol. The van der Waals surface area contributed by atoms with Gasteiger partial charge in [-0.1, -0.05) is 23.7 Å². The summed E-state index contributed by atoms with van der Waals surface area (Å²) < 4.78 is 13.0. The van der Waals surface area contributed by atoms with Gasteiger partial charge >= 0.3 is 0 Å². The van der Waals surface area contributed by atoms with Gasteiger partial charge in [-0.25, -0.2) is 4.39 Å². The van der Waals surface area contributed by atoms with Crippen LogP contribution in [-0.4, -0.2) is 47.0 Å². The molecule has 9 heteroatoms. The molecule has 0 aliphatic rings. The maximum absolute atomic E-state index is 13.0. The standard InChI is InChI=1S/C22H23ClFN5O2/c1-29(14-21(30)27-28-22(31)18-6-2-3-7-19(18)23)12-4-5-17-13-20(26-25-17)15-8-10-16(24)11-9-15/h2-3,6-11,13H,4-5,12,14H2,1H3,(H,25,26)(H,27,30)(H,28,31). The number of likely N-dealkylation sites (N-methyl/N-ethyl adjacent to an activating group) is 1. The van der Waals surface area contributed by atoms with E-state index >= 15 is 0 Å². The van der Waals surface area contributed by atoms with Crippen LogP contribution in [0.3, 0.4) is 0 Å². The maximum atomic E-state index is 13.0. The molecule has 0 unspecified atom stereocenters. The summed E-state index contributed by atoms with van der Waals surface area (Å²) in [6.07, 6.45) is 1.56. The van der Waals surface area contributed by atoms with Gasteiger partial charge in [-0.2, -0.15) is 5.10 Å². The van der Waals surface area contributed by atoms with Crippen molar-refractivity contribution >= 4 is 23.4 Å². The fraction of sp³-hybridized carbons (Fsp3) is 0.227. The van der Waals surface area contributed by atoms with Gasteiger partial charge in [0, 0.05) is 11.3 Å². The molecule has 162 valence electrons. The lowest BCUT2D eigenvalue weighted by atomic mass is 10.1. The highest BCUT2D eigenvalue weighted by Gasteiger charge is 2.12. The fourth-order valence-electron chi connectivity index (χ4n) is 3.00. The number of halogens is 2. The molecule has 0 aliphatic carbocycles. The first-order valence-electron chi connectivity index (χ1n) is 9.75. The Kier molecular flexibility index (Phi) is 7.75. The van der Waals surface area contributed by atoms with Gasteiger partial charge in [0.25, 0.3) is 11.8 Å². The number of H-pyrrole nitrogens is 1. The number of nitrogens with one attached hydrogen (secondary N) is 3. The Bertz CT molecular complexity index is 1040. The van der Waals surface area contributed by atoms with E-state index in [4.69, 9.17) is 11.6 Å². The topological polar surface area (TPSA) is 90.1 Å². The maximum Gasteiger partial charge on any atom is 0.271 e. The van der Waals surface area contributed by atoms with E-state index in [-0.39, 0.29) is 23.8 Å². The molecular weight excluding hydrogens is 421 g/mol. The number of amides is 2. The average Bonchev–Trinajstić information content (AvgIpc) is 3.22. The van der Waals surface area contributed by atoms with Crippen molar-refractivity contribution in [2.45, 2.75) is 12.8 Å². The summed E-state index contributed by atoms with van der Waals surface area (Å²) in [5, 5.41) is 7.56. The van der Waals surface area contributed by atoms with E-state index in [0.29, 0.717) is 11.6 Å². The normalized spacial score (nSPS) is 10.8. The molecule has 0 saturated carbocycles. The SMILES string of the molecule is CN(CCCc1cc(-c2ccc(F)cc2)n[nH]1)CC(=O)NNC(=O)c1ccccc1Cl. The fourth-order valence-corrected chi connectivity index (χ4v) is 3.22. The first-order valence-corrected chi connectivity index (χ1v) is 10.1. The summed E-state index contributed by atoms with van der Waals surface area (Å²) >= 11 is 5.97. The smallest absolute Gasteiger partial charge is 0.271 e. The Balaban J connectivity index is 1.38. The predicted molar refractivity (Wildman–Crippen MR) is 117 cm³/mol. The lowest BCUT2D eigenvalue weighted by molar-refractivity contribution is -0.122. The van der Waals surface area contributed by atoms with Gasteiger partial charge in [0.2, 0.25) is 0 Å². The second-order valence-corrected chi connectivity index (χ2v) is 7.52. The van der Waals surface area contributed by atoms with E-state index < -0.39 is 5.91 Å². The molecular formula is C22H23ClFN5O2. The van der Waals surface area contributed by atoms with Gasteiger partial charge in [0.15, 0.2) is 0 Å². The highest BCUT2D eigenvalue weighted by atomic mass is 35.5. The van der Waals surface area contributed by atoms with Crippen LogP contribution >= 0.6 is 11.6 Å². The van der Waals surface area contributed by atoms with Crippen molar-refractivity contribution in [1.82, 2.24) is 25.9 Å². The summed E-state index contributed by atoms with van der Waals surface area (Å²) in [4.78, 5) is 26.0. The molecule has 2 amide bonds. The lowest BCUT2D eigenvalue weighted by Gasteiger charge is -2.16. The molecule has 0 atom stereocenters. The minimum absolute atomic E-state index is 0.132. The van der Waals surface area contributed by atoms with Crippen molar-refractivity contribution in [2.75, 3.05) is 20.1 Å². The number of hydrazine groups is 1. The molecule has 3 N–H and O–H groups in total. The van der Waals surface area contributed by atoms with Crippen molar-refractivity contribution in [2.24, 2.45) is 0 Å². The Hall–Kier alpha value is -3.23. The molecule has 0 radical (unpaired) electrons. The van der Waals surface area contributed by atoms with Crippen molar-refractivity contribution in [3.05, 3.63) is 76.7 Å². The number of benzene rings is 2. The van der Waals surface area contributed by atoms with Gasteiger partial charge in [-0.05, 0) is 68.9 Å². The molecule has 0 saturated heterocycles. The zero-order valence-electron chi connectivity index (χ0n) is 17.0. The number of nitrogens with zero attached hydrogens (tertiary/aromatic N) is 2. The molecule has 3 rings (SSSR count). The van der Waals surface area contributed by atoms with Crippen LogP contribution in [0.2, 0.25) is 5.02 Å². The second-order valence-electron chi connectivity index (χ2n) is 7.11. The number of aromatic nitrogens is 2. The molecule has 0 spiro atoms. The number of hydrogen-bond acceptors (Lipinski definition) is 4. The lowest BCUT2D eigenvalue weighted by Crippen LogP contribution is -2.46. The van der Waals surface area contributed by atoms with Crippen LogP contribution in [0.15, 0.2) is 54.6 Å². The van der Waals surface area contributed by atoms with Crippen molar-refractivity contribution in [3.8, 4) is 11.3 Å². The highest BCUT2D eigenvalue weighted by Crippen LogP contribution is 2.18. The molecule has 0 aliphatic heterocycles. The van der Waals surface area contributed by atoms with Crippen LogP contribution < -0.4 is 10.9 Å². The first-order chi connectivity index (χ1) is 14.9. The van der Waals surface area contributed by atoms with Crippen LogP contribution in [-0.2, 0) is 11.2 Å². The zero-order valence-corrected chi connectivity index (χ0v) is 17.7. The van der Waals surface area contributed by atoms with Gasteiger partial charge in [0.1, 0.15) is 5.82 Å². The van der Waals surface area contributed by atoms with Crippen LogP contribution in [0.25, 0.3) is 11.3 Å². The molecule has 31 heavy (non-hydrogen) atoms. The Morgan fingerprint density at radius 1 is 1.13 bits per heavy atom. The van der Waals surface area contributed by atoms with Crippen molar-refractivity contribution < 1.29 is 14.0 Å². The Morgan fingerprint density at radius 2 is 1.87 bits per heavy atom. The van der Waals surface area contributed by atoms with Crippen LogP contribution in [0.1, 0.15) is 22.5 Å². The second kappa shape index (κ2) is 10.7. The number of aryl methyl sites for hydroxylation is 1. The van der Waals surface area contributed by atoms with Gasteiger partial charge in [-0.3, -0.25) is 30.4 Å². The third-order valence-corrected chi connectivity index (χ3v) is 4.93. The van der Waals surface area contributed by atoms with Crippen molar-refractivity contribution in [1.29, 1.82) is 0 Å². The first kappa shape index (κ1) is 22.5.